The molecule has 2 aromatic carbocycles. The monoisotopic (exact) mass is 415 g/mol. The van der Waals surface area contributed by atoms with Gasteiger partial charge < -0.3 is 14.6 Å². The molecule has 5 nitrogen and oxygen atoms in total. The quantitative estimate of drug-likeness (QED) is 0.606. The molecule has 0 saturated carbocycles. The highest BCUT2D eigenvalue weighted by atomic mass is 16.5. The minimum atomic E-state index is -0.806. The maximum Gasteiger partial charge on any atom is 0.304 e. The summed E-state index contributed by atoms with van der Waals surface area (Å²) in [4.78, 5) is 15.6. The molecule has 1 N–H and O–H groups in total. The average molecular weight is 415 g/mol. The summed E-state index contributed by atoms with van der Waals surface area (Å²) < 4.78 is 12.1. The lowest BCUT2D eigenvalue weighted by Crippen LogP contribution is -2.07. The summed E-state index contributed by atoms with van der Waals surface area (Å²) in [5.74, 6) is 0.588. The number of carbonyl (C=O) groups is 1. The van der Waals surface area contributed by atoms with Gasteiger partial charge in [-0.3, -0.25) is 9.78 Å². The van der Waals surface area contributed by atoms with Gasteiger partial charge in [0.25, 0.3) is 0 Å². The van der Waals surface area contributed by atoms with Crippen LogP contribution < -0.4 is 9.47 Å². The van der Waals surface area contributed by atoms with Gasteiger partial charge in [-0.2, -0.15) is 0 Å². The highest BCUT2D eigenvalue weighted by Gasteiger charge is 2.29. The standard InChI is InChI=1S/C26H25NO4/c1-15-10-11-27-16(2)26(15)22-5-3-4-21-20(22)8-9-23(21)31-18-6-7-19-17(12-25(28)29)14-30-24(19)13-18/h3-7,10-11,13,17,23H,8-9,12,14H2,1-2H3,(H,28,29). The molecule has 5 rings (SSSR count). The highest BCUT2D eigenvalue weighted by molar-refractivity contribution is 5.74. The predicted molar refractivity (Wildman–Crippen MR) is 118 cm³/mol. The molecule has 0 spiro atoms. The molecule has 31 heavy (non-hydrogen) atoms. The molecule has 0 saturated heterocycles. The Balaban J connectivity index is 1.42. The van der Waals surface area contributed by atoms with E-state index < -0.39 is 5.97 Å². The fourth-order valence-electron chi connectivity index (χ4n) is 4.95. The zero-order chi connectivity index (χ0) is 21.5. The van der Waals surface area contributed by atoms with Crippen molar-refractivity contribution in [3.8, 4) is 22.6 Å². The number of benzene rings is 2. The number of hydrogen-bond donors (Lipinski definition) is 1. The lowest BCUT2D eigenvalue weighted by molar-refractivity contribution is -0.137. The van der Waals surface area contributed by atoms with Crippen LogP contribution in [0.1, 0.15) is 52.8 Å². The van der Waals surface area contributed by atoms with Crippen LogP contribution in [-0.4, -0.2) is 22.7 Å². The smallest absolute Gasteiger partial charge is 0.304 e. The van der Waals surface area contributed by atoms with E-state index in [1.807, 2.05) is 24.4 Å². The van der Waals surface area contributed by atoms with Crippen LogP contribution in [0, 0.1) is 13.8 Å². The van der Waals surface area contributed by atoms with E-state index in [2.05, 4.69) is 43.1 Å². The molecule has 5 heteroatoms. The van der Waals surface area contributed by atoms with Gasteiger partial charge in [0, 0.05) is 35.0 Å². The van der Waals surface area contributed by atoms with E-state index in [0.29, 0.717) is 6.61 Å². The molecule has 2 aliphatic rings. The summed E-state index contributed by atoms with van der Waals surface area (Å²) >= 11 is 0. The number of aliphatic carboxylic acids is 1. The first kappa shape index (κ1) is 19.6. The first-order valence-electron chi connectivity index (χ1n) is 10.7. The fourth-order valence-corrected chi connectivity index (χ4v) is 4.95. The summed E-state index contributed by atoms with van der Waals surface area (Å²) in [7, 11) is 0. The van der Waals surface area contributed by atoms with Crippen LogP contribution in [0.25, 0.3) is 11.1 Å². The Morgan fingerprint density at radius 1 is 1.19 bits per heavy atom. The maximum atomic E-state index is 11.1. The molecule has 0 radical (unpaired) electrons. The lowest BCUT2D eigenvalue weighted by Gasteiger charge is -2.17. The van der Waals surface area contributed by atoms with Crippen molar-refractivity contribution in [2.75, 3.05) is 6.61 Å². The number of nitrogens with zero attached hydrogens (tertiary/aromatic N) is 1. The molecule has 1 aromatic heterocycles. The van der Waals surface area contributed by atoms with E-state index in [1.54, 1.807) is 0 Å². The third kappa shape index (κ3) is 3.54. The number of ether oxygens (including phenoxy) is 2. The number of aromatic nitrogens is 1. The zero-order valence-electron chi connectivity index (χ0n) is 17.7. The Morgan fingerprint density at radius 3 is 2.87 bits per heavy atom. The second-order valence-corrected chi connectivity index (χ2v) is 8.41. The Kier molecular flexibility index (Phi) is 4.89. The topological polar surface area (TPSA) is 68.7 Å². The molecule has 0 bridgehead atoms. The molecule has 3 aromatic rings. The molecule has 158 valence electrons. The molecule has 2 unspecified atom stereocenters. The summed E-state index contributed by atoms with van der Waals surface area (Å²) in [6.07, 6.45) is 3.82. The second kappa shape index (κ2) is 7.73. The number of carboxylic acid groups (broad SMARTS) is 1. The van der Waals surface area contributed by atoms with Gasteiger partial charge in [0.05, 0.1) is 13.0 Å². The van der Waals surface area contributed by atoms with Crippen molar-refractivity contribution in [3.63, 3.8) is 0 Å². The predicted octanol–water partition coefficient (Wildman–Crippen LogP) is 5.38. The van der Waals surface area contributed by atoms with Crippen LogP contribution in [0.3, 0.4) is 0 Å². The largest absolute Gasteiger partial charge is 0.492 e. The Bertz CT molecular complexity index is 1150. The van der Waals surface area contributed by atoms with Crippen molar-refractivity contribution < 1.29 is 19.4 Å². The lowest BCUT2D eigenvalue weighted by atomic mass is 9.93. The number of aryl methyl sites for hydroxylation is 2. The molecule has 2 heterocycles. The summed E-state index contributed by atoms with van der Waals surface area (Å²) in [5, 5.41) is 9.09. The summed E-state index contributed by atoms with van der Waals surface area (Å²) in [5.41, 5.74) is 8.26. The Labute approximate surface area is 181 Å². The van der Waals surface area contributed by atoms with Gasteiger partial charge in [0.1, 0.15) is 17.6 Å². The van der Waals surface area contributed by atoms with Crippen molar-refractivity contribution in [1.29, 1.82) is 0 Å². The van der Waals surface area contributed by atoms with Crippen molar-refractivity contribution in [1.82, 2.24) is 4.98 Å². The van der Waals surface area contributed by atoms with E-state index >= 15 is 0 Å². The fraction of sp³-hybridized carbons (Fsp3) is 0.308. The molecule has 1 aliphatic heterocycles. The first-order chi connectivity index (χ1) is 15.0. The molecule has 0 fully saturated rings. The first-order valence-corrected chi connectivity index (χ1v) is 10.7. The zero-order valence-corrected chi connectivity index (χ0v) is 17.7. The van der Waals surface area contributed by atoms with Crippen molar-refractivity contribution in [2.45, 2.75) is 45.1 Å². The number of carboxylic acids is 1. The number of pyridine rings is 1. The minimum Gasteiger partial charge on any atom is -0.492 e. The molecule has 2 atom stereocenters. The van der Waals surface area contributed by atoms with Gasteiger partial charge in [-0.05, 0) is 61.1 Å². The van der Waals surface area contributed by atoms with Gasteiger partial charge in [-0.25, -0.2) is 0 Å². The van der Waals surface area contributed by atoms with Crippen molar-refractivity contribution in [3.05, 3.63) is 76.6 Å². The van der Waals surface area contributed by atoms with Gasteiger partial charge in [0.15, 0.2) is 0 Å². The highest BCUT2D eigenvalue weighted by Crippen LogP contribution is 2.43. The molecular formula is C26H25NO4. The normalized spacial score (nSPS) is 18.9. The van der Waals surface area contributed by atoms with Crippen LogP contribution >= 0.6 is 0 Å². The van der Waals surface area contributed by atoms with E-state index in [9.17, 15) is 4.79 Å². The second-order valence-electron chi connectivity index (χ2n) is 8.41. The average Bonchev–Trinajstić information content (AvgIpc) is 3.32. The van der Waals surface area contributed by atoms with Crippen molar-refractivity contribution >= 4 is 5.97 Å². The van der Waals surface area contributed by atoms with E-state index in [1.165, 1.54) is 27.8 Å². The van der Waals surface area contributed by atoms with Gasteiger partial charge in [0.2, 0.25) is 0 Å². The van der Waals surface area contributed by atoms with Gasteiger partial charge >= 0.3 is 5.97 Å². The Morgan fingerprint density at radius 2 is 2.06 bits per heavy atom. The van der Waals surface area contributed by atoms with Crippen LogP contribution in [-0.2, 0) is 11.2 Å². The number of fused-ring (bicyclic) bond motifs is 2. The SMILES string of the molecule is Cc1ccnc(C)c1-c1cccc2c1CCC2Oc1ccc2c(c1)OCC2CC(=O)O. The van der Waals surface area contributed by atoms with Crippen LogP contribution in [0.4, 0.5) is 0 Å². The van der Waals surface area contributed by atoms with Gasteiger partial charge in [-0.1, -0.05) is 24.3 Å². The molecule has 1 aliphatic carbocycles. The van der Waals surface area contributed by atoms with Gasteiger partial charge in [-0.15, -0.1) is 0 Å². The third-order valence-electron chi connectivity index (χ3n) is 6.40. The van der Waals surface area contributed by atoms with E-state index in [-0.39, 0.29) is 18.4 Å². The molecule has 0 amide bonds. The van der Waals surface area contributed by atoms with Crippen LogP contribution in [0.2, 0.25) is 0 Å². The van der Waals surface area contributed by atoms with E-state index in [4.69, 9.17) is 14.6 Å². The number of hydrogen-bond acceptors (Lipinski definition) is 4. The summed E-state index contributed by atoms with van der Waals surface area (Å²) in [6, 6.07) is 14.3. The van der Waals surface area contributed by atoms with E-state index in [0.717, 1.165) is 35.6 Å². The third-order valence-corrected chi connectivity index (χ3v) is 6.40. The molecular weight excluding hydrogens is 390 g/mol. The van der Waals surface area contributed by atoms with Crippen molar-refractivity contribution in [2.24, 2.45) is 0 Å². The van der Waals surface area contributed by atoms with Crippen LogP contribution in [0.15, 0.2) is 48.7 Å². The number of rotatable bonds is 5. The minimum absolute atomic E-state index is 0.0125. The summed E-state index contributed by atoms with van der Waals surface area (Å²) in [6.45, 7) is 4.60. The Hall–Kier alpha value is -3.34. The van der Waals surface area contributed by atoms with Crippen LogP contribution in [0.5, 0.6) is 11.5 Å². The maximum absolute atomic E-state index is 11.1.